The van der Waals surface area contributed by atoms with E-state index in [0.717, 1.165) is 17.7 Å². The molecule has 1 unspecified atom stereocenters. The standard InChI is InChI=1S/C10H18NO/c1-11(2,3)10-7-5-4-6-8-12-9-10/h4-7,10H,8-9H2,1-3H3/q+1/b6-4-,7-5-. The van der Waals surface area contributed by atoms with E-state index in [-0.39, 0.29) is 0 Å². The maximum absolute atomic E-state index is 5.46. The summed E-state index contributed by atoms with van der Waals surface area (Å²) in [6, 6.07) is 0.468. The van der Waals surface area contributed by atoms with Crippen LogP contribution in [0.25, 0.3) is 0 Å². The van der Waals surface area contributed by atoms with E-state index in [0.29, 0.717) is 6.04 Å². The van der Waals surface area contributed by atoms with E-state index in [4.69, 9.17) is 4.74 Å². The van der Waals surface area contributed by atoms with E-state index >= 15 is 0 Å². The Hall–Kier alpha value is -0.600. The maximum Gasteiger partial charge on any atom is 0.131 e. The molecule has 68 valence electrons. The summed E-state index contributed by atoms with van der Waals surface area (Å²) in [6.45, 7) is 1.55. The Kier molecular flexibility index (Phi) is 3.06. The van der Waals surface area contributed by atoms with Gasteiger partial charge in [-0.05, 0) is 6.08 Å². The third-order valence-electron chi connectivity index (χ3n) is 2.08. The summed E-state index contributed by atoms with van der Waals surface area (Å²) in [5, 5.41) is 0. The second-order valence-corrected chi connectivity index (χ2v) is 4.03. The van der Waals surface area contributed by atoms with E-state index < -0.39 is 0 Å². The molecule has 0 radical (unpaired) electrons. The van der Waals surface area contributed by atoms with Crippen molar-refractivity contribution in [2.24, 2.45) is 0 Å². The summed E-state index contributed by atoms with van der Waals surface area (Å²) in [6.07, 6.45) is 8.39. The molecule has 1 aliphatic heterocycles. The van der Waals surface area contributed by atoms with Gasteiger partial charge in [-0.1, -0.05) is 18.2 Å². The number of rotatable bonds is 1. The number of nitrogens with zero attached hydrogens (tertiary/aromatic N) is 1. The molecule has 2 heteroatoms. The maximum atomic E-state index is 5.46. The van der Waals surface area contributed by atoms with E-state index in [1.165, 1.54) is 0 Å². The molecule has 0 saturated heterocycles. The van der Waals surface area contributed by atoms with Crippen LogP contribution in [0.5, 0.6) is 0 Å². The van der Waals surface area contributed by atoms with Crippen LogP contribution < -0.4 is 0 Å². The normalized spacial score (nSPS) is 30.4. The summed E-state index contributed by atoms with van der Waals surface area (Å²) in [5.41, 5.74) is 0. The van der Waals surface area contributed by atoms with Crippen molar-refractivity contribution in [3.8, 4) is 0 Å². The zero-order valence-corrected chi connectivity index (χ0v) is 8.16. The van der Waals surface area contributed by atoms with Crippen molar-refractivity contribution in [1.82, 2.24) is 0 Å². The smallest absolute Gasteiger partial charge is 0.131 e. The van der Waals surface area contributed by atoms with Crippen molar-refractivity contribution in [3.63, 3.8) is 0 Å². The molecule has 1 rings (SSSR count). The minimum Gasteiger partial charge on any atom is -0.371 e. The van der Waals surface area contributed by atoms with Crippen LogP contribution in [0, 0.1) is 0 Å². The van der Waals surface area contributed by atoms with Gasteiger partial charge in [0.2, 0.25) is 0 Å². The molecule has 1 heterocycles. The van der Waals surface area contributed by atoms with Crippen molar-refractivity contribution in [2.45, 2.75) is 6.04 Å². The highest BCUT2D eigenvalue weighted by molar-refractivity contribution is 5.06. The fraction of sp³-hybridized carbons (Fsp3) is 0.600. The van der Waals surface area contributed by atoms with Gasteiger partial charge in [0.25, 0.3) is 0 Å². The molecular weight excluding hydrogens is 150 g/mol. The lowest BCUT2D eigenvalue weighted by atomic mass is 10.2. The molecule has 0 N–H and O–H groups in total. The zero-order chi connectivity index (χ0) is 9.03. The molecule has 0 amide bonds. The van der Waals surface area contributed by atoms with Crippen LogP contribution >= 0.6 is 0 Å². The van der Waals surface area contributed by atoms with Gasteiger partial charge in [0.05, 0.1) is 27.7 Å². The van der Waals surface area contributed by atoms with Crippen LogP contribution in [0.2, 0.25) is 0 Å². The van der Waals surface area contributed by atoms with Gasteiger partial charge in [0, 0.05) is 0 Å². The Labute approximate surface area is 74.7 Å². The highest BCUT2D eigenvalue weighted by Crippen LogP contribution is 2.07. The first-order valence-electron chi connectivity index (χ1n) is 4.33. The fourth-order valence-electron chi connectivity index (χ4n) is 1.12. The lowest BCUT2D eigenvalue weighted by molar-refractivity contribution is -0.889. The SMILES string of the molecule is C[N+](C)(C)C1/C=C\C=C/COC1. The van der Waals surface area contributed by atoms with Crippen LogP contribution in [-0.4, -0.2) is 44.9 Å². The minimum atomic E-state index is 0.468. The molecule has 0 aromatic carbocycles. The summed E-state index contributed by atoms with van der Waals surface area (Å²) >= 11 is 0. The van der Waals surface area contributed by atoms with Gasteiger partial charge < -0.3 is 9.22 Å². The predicted octanol–water partition coefficient (Wildman–Crippen LogP) is 1.20. The molecule has 1 aliphatic rings. The first-order valence-corrected chi connectivity index (χ1v) is 4.33. The first-order chi connectivity index (χ1) is 5.61. The fourth-order valence-corrected chi connectivity index (χ4v) is 1.12. The van der Waals surface area contributed by atoms with Crippen molar-refractivity contribution < 1.29 is 9.22 Å². The van der Waals surface area contributed by atoms with Crippen molar-refractivity contribution in [1.29, 1.82) is 0 Å². The largest absolute Gasteiger partial charge is 0.371 e. The van der Waals surface area contributed by atoms with Gasteiger partial charge in [-0.25, -0.2) is 0 Å². The summed E-state index contributed by atoms with van der Waals surface area (Å²) in [7, 11) is 6.55. The Morgan fingerprint density at radius 2 is 2.00 bits per heavy atom. The van der Waals surface area contributed by atoms with E-state index in [2.05, 4.69) is 33.3 Å². The van der Waals surface area contributed by atoms with Gasteiger partial charge >= 0.3 is 0 Å². The Morgan fingerprint density at radius 1 is 1.25 bits per heavy atom. The van der Waals surface area contributed by atoms with Crippen LogP contribution in [0.3, 0.4) is 0 Å². The summed E-state index contributed by atoms with van der Waals surface area (Å²) in [4.78, 5) is 0. The molecule has 0 saturated carbocycles. The number of hydrogen-bond donors (Lipinski definition) is 0. The molecule has 0 aliphatic carbocycles. The highest BCUT2D eigenvalue weighted by atomic mass is 16.5. The number of ether oxygens (including phenoxy) is 1. The van der Waals surface area contributed by atoms with Gasteiger partial charge in [0.1, 0.15) is 12.6 Å². The molecule has 0 spiro atoms. The molecule has 0 aromatic heterocycles. The van der Waals surface area contributed by atoms with Crippen LogP contribution in [0.1, 0.15) is 0 Å². The molecule has 2 nitrogen and oxygen atoms in total. The lowest BCUT2D eigenvalue weighted by Gasteiger charge is -2.32. The average molecular weight is 168 g/mol. The van der Waals surface area contributed by atoms with Crippen LogP contribution in [0.4, 0.5) is 0 Å². The van der Waals surface area contributed by atoms with Crippen molar-refractivity contribution >= 4 is 0 Å². The average Bonchev–Trinajstić information content (AvgIpc) is 1.81. The zero-order valence-electron chi connectivity index (χ0n) is 8.16. The molecule has 0 fully saturated rings. The second-order valence-electron chi connectivity index (χ2n) is 4.03. The van der Waals surface area contributed by atoms with Gasteiger partial charge in [-0.3, -0.25) is 0 Å². The lowest BCUT2D eigenvalue weighted by Crippen LogP contribution is -2.46. The molecule has 1 atom stereocenters. The highest BCUT2D eigenvalue weighted by Gasteiger charge is 2.20. The molecule has 0 bridgehead atoms. The second kappa shape index (κ2) is 3.87. The topological polar surface area (TPSA) is 9.23 Å². The van der Waals surface area contributed by atoms with Crippen molar-refractivity contribution in [2.75, 3.05) is 34.4 Å². The van der Waals surface area contributed by atoms with Gasteiger partial charge in [-0.15, -0.1) is 0 Å². The molecular formula is C10H18NO+. The third kappa shape index (κ3) is 2.80. The van der Waals surface area contributed by atoms with Gasteiger partial charge in [-0.2, -0.15) is 0 Å². The predicted molar refractivity (Wildman–Crippen MR) is 50.9 cm³/mol. The number of allylic oxidation sites excluding steroid dienone is 2. The monoisotopic (exact) mass is 168 g/mol. The quantitative estimate of drug-likeness (QED) is 0.535. The Balaban J connectivity index is 2.63. The van der Waals surface area contributed by atoms with Crippen LogP contribution in [0.15, 0.2) is 24.3 Å². The molecule has 12 heavy (non-hydrogen) atoms. The summed E-state index contributed by atoms with van der Waals surface area (Å²) < 4.78 is 6.38. The van der Waals surface area contributed by atoms with E-state index in [1.54, 1.807) is 0 Å². The van der Waals surface area contributed by atoms with Crippen molar-refractivity contribution in [3.05, 3.63) is 24.3 Å². The minimum absolute atomic E-state index is 0.468. The van der Waals surface area contributed by atoms with E-state index in [9.17, 15) is 0 Å². The number of hydrogen-bond acceptors (Lipinski definition) is 1. The first kappa shape index (κ1) is 9.49. The van der Waals surface area contributed by atoms with Gasteiger partial charge in [0.15, 0.2) is 0 Å². The summed E-state index contributed by atoms with van der Waals surface area (Å²) in [5.74, 6) is 0. The molecule has 0 aromatic rings. The van der Waals surface area contributed by atoms with Crippen LogP contribution in [-0.2, 0) is 4.74 Å². The number of likely N-dealkylation sites (N-methyl/N-ethyl adjacent to an activating group) is 1. The Bertz CT molecular complexity index is 189. The number of quaternary nitrogens is 1. The Morgan fingerprint density at radius 3 is 2.67 bits per heavy atom. The third-order valence-corrected chi connectivity index (χ3v) is 2.08. The van der Waals surface area contributed by atoms with E-state index in [1.807, 2.05) is 12.2 Å².